The lowest BCUT2D eigenvalue weighted by Gasteiger charge is -2.08. The molecule has 0 atom stereocenters. The van der Waals surface area contributed by atoms with Crippen molar-refractivity contribution in [1.29, 1.82) is 0 Å². The van der Waals surface area contributed by atoms with Crippen molar-refractivity contribution in [1.82, 2.24) is 10.2 Å². The van der Waals surface area contributed by atoms with Crippen LogP contribution >= 0.6 is 11.8 Å². The molecule has 0 unspecified atom stereocenters. The van der Waals surface area contributed by atoms with E-state index < -0.39 is 16.0 Å². The lowest BCUT2D eigenvalue weighted by molar-refractivity contribution is -0.113. The fraction of sp³-hybridized carbons (Fsp3) is 0.200. The van der Waals surface area contributed by atoms with Crippen LogP contribution in [0, 0.1) is 0 Å². The molecule has 2 N–H and O–H groups in total. The van der Waals surface area contributed by atoms with Gasteiger partial charge in [0.25, 0.3) is 5.22 Å². The van der Waals surface area contributed by atoms with Crippen LogP contribution in [0.2, 0.25) is 0 Å². The van der Waals surface area contributed by atoms with Gasteiger partial charge in [-0.15, -0.1) is 10.2 Å². The number of sulfonamides is 1. The fourth-order valence-electron chi connectivity index (χ4n) is 2.51. The highest BCUT2D eigenvalue weighted by Crippen LogP contribution is 2.25. The minimum Gasteiger partial charge on any atom is -0.465 e. The maximum atomic E-state index is 12.3. The molecule has 0 fully saturated rings. The highest BCUT2D eigenvalue weighted by Gasteiger charge is 2.15. The van der Waals surface area contributed by atoms with Gasteiger partial charge in [0.05, 0.1) is 29.9 Å². The lowest BCUT2D eigenvalue weighted by Crippen LogP contribution is -2.17. The zero-order valence-corrected chi connectivity index (χ0v) is 18.8. The molecule has 0 radical (unpaired) electrons. The fourth-order valence-corrected chi connectivity index (χ4v) is 3.71. The summed E-state index contributed by atoms with van der Waals surface area (Å²) < 4.78 is 36.0. The second-order valence-corrected chi connectivity index (χ2v) is 9.27. The van der Waals surface area contributed by atoms with Crippen LogP contribution in [0.25, 0.3) is 11.5 Å². The number of anilines is 2. The lowest BCUT2D eigenvalue weighted by atomic mass is 10.2. The summed E-state index contributed by atoms with van der Waals surface area (Å²) in [6.07, 6.45) is 0. The predicted molar refractivity (Wildman–Crippen MR) is 120 cm³/mol. The molecule has 0 bridgehead atoms. The maximum absolute atomic E-state index is 12.3. The quantitative estimate of drug-likeness (QED) is 0.352. The van der Waals surface area contributed by atoms with E-state index in [0.717, 1.165) is 11.8 Å². The summed E-state index contributed by atoms with van der Waals surface area (Å²) in [5.41, 5.74) is 1.61. The Hall–Kier alpha value is -3.38. The van der Waals surface area contributed by atoms with Gasteiger partial charge in [-0.2, -0.15) is 0 Å². The van der Waals surface area contributed by atoms with Gasteiger partial charge in [-0.25, -0.2) is 13.2 Å². The smallest absolute Gasteiger partial charge is 0.339 e. The molecule has 0 aliphatic heterocycles. The van der Waals surface area contributed by atoms with Gasteiger partial charge in [-0.05, 0) is 43.3 Å². The predicted octanol–water partition coefficient (Wildman–Crippen LogP) is 3.02. The normalized spacial score (nSPS) is 11.1. The van der Waals surface area contributed by atoms with Gasteiger partial charge >= 0.3 is 5.97 Å². The van der Waals surface area contributed by atoms with Gasteiger partial charge in [-0.3, -0.25) is 9.52 Å². The van der Waals surface area contributed by atoms with Crippen LogP contribution in [0.4, 0.5) is 11.4 Å². The number of ether oxygens (including phenoxy) is 1. The van der Waals surface area contributed by atoms with Crippen molar-refractivity contribution in [2.75, 3.05) is 28.7 Å². The minimum absolute atomic E-state index is 0.0190. The molecule has 3 rings (SSSR count). The summed E-state index contributed by atoms with van der Waals surface area (Å²) in [7, 11) is -2.10. The summed E-state index contributed by atoms with van der Waals surface area (Å²) in [5.74, 6) is -0.730. The molecule has 1 heterocycles. The number of para-hydroxylation sites is 1. The van der Waals surface area contributed by atoms with Crippen molar-refractivity contribution in [3.63, 3.8) is 0 Å². The number of thioether (sulfide) groups is 1. The summed E-state index contributed by atoms with van der Waals surface area (Å²) in [5, 5.41) is 10.7. The molecular weight excluding hydrogens is 456 g/mol. The van der Waals surface area contributed by atoms with Gasteiger partial charge in [0.2, 0.25) is 21.8 Å². The highest BCUT2D eigenvalue weighted by atomic mass is 32.2. The Morgan fingerprint density at radius 1 is 1.09 bits per heavy atom. The third-order valence-electron chi connectivity index (χ3n) is 4.12. The van der Waals surface area contributed by atoms with Crippen molar-refractivity contribution in [2.24, 2.45) is 0 Å². The minimum atomic E-state index is -3.36. The number of hydrogen-bond acceptors (Lipinski definition) is 9. The third-order valence-corrected chi connectivity index (χ3v) is 6.25. The van der Waals surface area contributed by atoms with Gasteiger partial charge in [0.1, 0.15) is 0 Å². The van der Waals surface area contributed by atoms with Crippen molar-refractivity contribution in [3.8, 4) is 11.5 Å². The monoisotopic (exact) mass is 476 g/mol. The number of nitrogens with one attached hydrogen (secondary N) is 2. The first kappa shape index (κ1) is 23.3. The maximum Gasteiger partial charge on any atom is 0.339 e. The summed E-state index contributed by atoms with van der Waals surface area (Å²) in [4.78, 5) is 24.1. The van der Waals surface area contributed by atoms with Crippen LogP contribution in [0.5, 0.6) is 0 Å². The summed E-state index contributed by atoms with van der Waals surface area (Å²) in [6.45, 7) is 1.55. The van der Waals surface area contributed by atoms with Crippen molar-refractivity contribution in [2.45, 2.75) is 12.1 Å². The molecule has 0 aliphatic rings. The molecule has 2 aromatic carbocycles. The van der Waals surface area contributed by atoms with E-state index in [1.54, 1.807) is 55.5 Å². The second-order valence-electron chi connectivity index (χ2n) is 6.33. The van der Waals surface area contributed by atoms with E-state index in [0.29, 0.717) is 16.9 Å². The number of rotatable bonds is 9. The zero-order valence-electron chi connectivity index (χ0n) is 17.2. The molecule has 10 nitrogen and oxygen atoms in total. The number of aromatic nitrogens is 2. The van der Waals surface area contributed by atoms with E-state index >= 15 is 0 Å². The van der Waals surface area contributed by atoms with Crippen molar-refractivity contribution >= 4 is 45.0 Å². The number of carbonyl (C=O) groups is 2. The first-order valence-corrected chi connectivity index (χ1v) is 12.0. The molecule has 0 saturated carbocycles. The van der Waals surface area contributed by atoms with E-state index in [1.165, 1.54) is 7.11 Å². The van der Waals surface area contributed by atoms with E-state index in [2.05, 4.69) is 20.2 Å². The number of methoxy groups -OCH3 is 1. The van der Waals surface area contributed by atoms with Crippen LogP contribution < -0.4 is 10.0 Å². The average Bonchev–Trinajstić information content (AvgIpc) is 3.27. The third kappa shape index (κ3) is 6.08. The Morgan fingerprint density at radius 2 is 1.81 bits per heavy atom. The Morgan fingerprint density at radius 3 is 2.50 bits per heavy atom. The first-order chi connectivity index (χ1) is 15.3. The number of amides is 1. The number of carbonyl (C=O) groups excluding carboxylic acids is 2. The van der Waals surface area contributed by atoms with Crippen LogP contribution in [-0.4, -0.2) is 49.1 Å². The molecule has 3 aromatic rings. The van der Waals surface area contributed by atoms with Gasteiger partial charge < -0.3 is 14.5 Å². The molecule has 1 amide bonds. The van der Waals surface area contributed by atoms with E-state index in [-0.39, 0.29) is 34.1 Å². The topological polar surface area (TPSA) is 140 Å². The number of esters is 1. The van der Waals surface area contributed by atoms with Crippen LogP contribution in [0.15, 0.2) is 58.2 Å². The van der Waals surface area contributed by atoms with Crippen LogP contribution in [-0.2, 0) is 19.6 Å². The number of nitrogens with zero attached hydrogens (tertiary/aromatic N) is 2. The Labute approximate surface area is 188 Å². The largest absolute Gasteiger partial charge is 0.465 e. The molecule has 0 spiro atoms. The number of benzene rings is 2. The molecule has 1 aromatic heterocycles. The first-order valence-electron chi connectivity index (χ1n) is 9.35. The van der Waals surface area contributed by atoms with Crippen LogP contribution in [0.1, 0.15) is 17.3 Å². The van der Waals surface area contributed by atoms with Gasteiger partial charge in [0, 0.05) is 11.3 Å². The van der Waals surface area contributed by atoms with Gasteiger partial charge in [-0.1, -0.05) is 23.9 Å². The van der Waals surface area contributed by atoms with E-state index in [4.69, 9.17) is 9.15 Å². The SMILES string of the molecule is CCS(=O)(=O)Nc1ccc(-c2nnc(SCC(=O)Nc3ccccc3C(=O)OC)o2)cc1. The molecule has 0 saturated heterocycles. The van der Waals surface area contributed by atoms with Crippen LogP contribution in [0.3, 0.4) is 0 Å². The Bertz CT molecular complexity index is 1210. The van der Waals surface area contributed by atoms with Crippen molar-refractivity contribution < 1.29 is 27.2 Å². The Balaban J connectivity index is 1.59. The molecule has 12 heteroatoms. The summed E-state index contributed by atoms with van der Waals surface area (Å²) >= 11 is 1.04. The zero-order chi connectivity index (χ0) is 23.1. The highest BCUT2D eigenvalue weighted by molar-refractivity contribution is 7.99. The standard InChI is InChI=1S/C20H20N4O6S2/c1-3-32(27,28)24-14-10-8-13(9-11-14)18-22-23-20(30-18)31-12-17(25)21-16-7-5-4-6-15(16)19(26)29-2/h4-11,24H,3,12H2,1-2H3,(H,21,25). The molecule has 168 valence electrons. The van der Waals surface area contributed by atoms with Gasteiger partial charge in [0.15, 0.2) is 0 Å². The number of hydrogen-bond donors (Lipinski definition) is 2. The van der Waals surface area contributed by atoms with E-state index in [1.807, 2.05) is 0 Å². The van der Waals surface area contributed by atoms with Crippen molar-refractivity contribution in [3.05, 3.63) is 54.1 Å². The average molecular weight is 477 g/mol. The summed E-state index contributed by atoms with van der Waals surface area (Å²) in [6, 6.07) is 13.0. The Kier molecular flexibility index (Phi) is 7.49. The molecular formula is C20H20N4O6S2. The van der Waals surface area contributed by atoms with E-state index in [9.17, 15) is 18.0 Å². The molecule has 0 aliphatic carbocycles. The molecule has 32 heavy (non-hydrogen) atoms. The second kappa shape index (κ2) is 10.3.